The number of aryl methyl sites for hydroxylation is 1. The molecular formula is C29H33NO. The predicted octanol–water partition coefficient (Wildman–Crippen LogP) is 6.53. The molecule has 2 nitrogen and oxygen atoms in total. The fraction of sp³-hybridized carbons (Fsp3) is 0.345. The molecule has 0 saturated heterocycles. The third-order valence-electron chi connectivity index (χ3n) is 6.47. The SMILES string of the molecule is CC(C)(C)CCNC(=O)C1(CCCc2ccccc2)c2ccccc2-c2ccccc21. The highest BCUT2D eigenvalue weighted by atomic mass is 16.2. The topological polar surface area (TPSA) is 29.1 Å². The Morgan fingerprint density at radius 2 is 1.35 bits per heavy atom. The van der Waals surface area contributed by atoms with E-state index < -0.39 is 5.41 Å². The molecule has 0 aliphatic heterocycles. The van der Waals surface area contributed by atoms with E-state index in [0.29, 0.717) is 6.54 Å². The van der Waals surface area contributed by atoms with Crippen molar-refractivity contribution in [1.29, 1.82) is 0 Å². The lowest BCUT2D eigenvalue weighted by Gasteiger charge is -2.31. The van der Waals surface area contributed by atoms with Crippen LogP contribution in [0.4, 0.5) is 0 Å². The summed E-state index contributed by atoms with van der Waals surface area (Å²) < 4.78 is 0. The molecule has 3 aromatic carbocycles. The highest BCUT2D eigenvalue weighted by Gasteiger charge is 2.48. The Kier molecular flexibility index (Phi) is 6.00. The van der Waals surface area contributed by atoms with Crippen molar-refractivity contribution in [2.45, 2.75) is 51.9 Å². The van der Waals surface area contributed by atoms with Gasteiger partial charge in [0, 0.05) is 6.54 Å². The Hall–Kier alpha value is -2.87. The average molecular weight is 412 g/mol. The lowest BCUT2D eigenvalue weighted by atomic mass is 9.73. The van der Waals surface area contributed by atoms with E-state index in [2.05, 4.69) is 105 Å². The molecule has 0 bridgehead atoms. The van der Waals surface area contributed by atoms with Crippen molar-refractivity contribution in [1.82, 2.24) is 5.32 Å². The highest BCUT2D eigenvalue weighted by Crippen LogP contribution is 2.51. The number of benzene rings is 3. The van der Waals surface area contributed by atoms with Crippen LogP contribution in [0.3, 0.4) is 0 Å². The largest absolute Gasteiger partial charge is 0.355 e. The van der Waals surface area contributed by atoms with Crippen molar-refractivity contribution in [3.05, 3.63) is 95.6 Å². The van der Waals surface area contributed by atoms with E-state index in [9.17, 15) is 4.79 Å². The molecule has 31 heavy (non-hydrogen) atoms. The first-order chi connectivity index (χ1) is 14.9. The van der Waals surface area contributed by atoms with Crippen molar-refractivity contribution in [3.63, 3.8) is 0 Å². The molecule has 0 saturated carbocycles. The van der Waals surface area contributed by atoms with E-state index in [1.54, 1.807) is 0 Å². The summed E-state index contributed by atoms with van der Waals surface area (Å²) in [5, 5.41) is 3.31. The number of fused-ring (bicyclic) bond motifs is 3. The van der Waals surface area contributed by atoms with Crippen LogP contribution in [0.25, 0.3) is 11.1 Å². The van der Waals surface area contributed by atoms with Gasteiger partial charge in [0.2, 0.25) is 5.91 Å². The first-order valence-electron chi connectivity index (χ1n) is 11.4. The van der Waals surface area contributed by atoms with Crippen LogP contribution in [0.5, 0.6) is 0 Å². The van der Waals surface area contributed by atoms with Gasteiger partial charge in [0.15, 0.2) is 0 Å². The number of hydrogen-bond acceptors (Lipinski definition) is 1. The van der Waals surface area contributed by atoms with Crippen LogP contribution in [0, 0.1) is 5.41 Å². The molecule has 1 aliphatic carbocycles. The predicted molar refractivity (Wildman–Crippen MR) is 129 cm³/mol. The normalized spacial score (nSPS) is 14.0. The maximum atomic E-state index is 13.9. The minimum Gasteiger partial charge on any atom is -0.355 e. The second kappa shape index (κ2) is 8.70. The summed E-state index contributed by atoms with van der Waals surface area (Å²) in [5.74, 6) is 0.141. The second-order valence-electron chi connectivity index (χ2n) is 9.90. The monoisotopic (exact) mass is 411 g/mol. The van der Waals surface area contributed by atoms with Crippen LogP contribution in [-0.4, -0.2) is 12.5 Å². The maximum absolute atomic E-state index is 13.9. The molecule has 160 valence electrons. The van der Waals surface area contributed by atoms with Crippen molar-refractivity contribution in [2.75, 3.05) is 6.54 Å². The first kappa shape index (κ1) is 21.4. The van der Waals surface area contributed by atoms with E-state index in [4.69, 9.17) is 0 Å². The van der Waals surface area contributed by atoms with Crippen molar-refractivity contribution in [3.8, 4) is 11.1 Å². The summed E-state index contributed by atoms with van der Waals surface area (Å²) >= 11 is 0. The van der Waals surface area contributed by atoms with E-state index in [1.165, 1.54) is 16.7 Å². The summed E-state index contributed by atoms with van der Waals surface area (Å²) in [6.07, 6.45) is 3.70. The Bertz CT molecular complexity index is 1000. The molecule has 4 rings (SSSR count). The van der Waals surface area contributed by atoms with Gasteiger partial charge in [0.05, 0.1) is 0 Å². The lowest BCUT2D eigenvalue weighted by Crippen LogP contribution is -2.45. The first-order valence-corrected chi connectivity index (χ1v) is 11.4. The Morgan fingerprint density at radius 1 is 0.806 bits per heavy atom. The molecule has 2 heteroatoms. The zero-order valence-corrected chi connectivity index (χ0v) is 18.9. The minimum atomic E-state index is -0.625. The number of rotatable bonds is 7. The maximum Gasteiger partial charge on any atom is 0.235 e. The molecule has 0 heterocycles. The Labute approximate surface area is 186 Å². The van der Waals surface area contributed by atoms with Crippen molar-refractivity contribution >= 4 is 5.91 Å². The molecule has 1 amide bonds. The van der Waals surface area contributed by atoms with Crippen LogP contribution in [0.2, 0.25) is 0 Å². The van der Waals surface area contributed by atoms with Gasteiger partial charge in [-0.15, -0.1) is 0 Å². The zero-order chi connectivity index (χ0) is 21.9. The summed E-state index contributed by atoms with van der Waals surface area (Å²) in [5.41, 5.74) is 5.59. The third-order valence-corrected chi connectivity index (χ3v) is 6.47. The van der Waals surface area contributed by atoms with E-state index >= 15 is 0 Å². The van der Waals surface area contributed by atoms with Gasteiger partial charge in [0.1, 0.15) is 5.41 Å². The molecule has 0 aromatic heterocycles. The fourth-order valence-corrected chi connectivity index (χ4v) is 4.86. The van der Waals surface area contributed by atoms with Gasteiger partial charge in [-0.25, -0.2) is 0 Å². The summed E-state index contributed by atoms with van der Waals surface area (Å²) in [6, 6.07) is 27.5. The van der Waals surface area contributed by atoms with Crippen molar-refractivity contribution in [2.24, 2.45) is 5.41 Å². The second-order valence-corrected chi connectivity index (χ2v) is 9.90. The van der Waals surface area contributed by atoms with Gasteiger partial charge in [0.25, 0.3) is 0 Å². The number of hydrogen-bond donors (Lipinski definition) is 1. The molecular weight excluding hydrogens is 378 g/mol. The van der Waals surface area contributed by atoms with Crippen LogP contribution in [0.15, 0.2) is 78.9 Å². The molecule has 0 radical (unpaired) electrons. The molecule has 0 fully saturated rings. The molecule has 0 atom stereocenters. The summed E-state index contributed by atoms with van der Waals surface area (Å²) in [7, 11) is 0. The summed E-state index contributed by atoms with van der Waals surface area (Å²) in [4.78, 5) is 13.9. The van der Waals surface area contributed by atoms with Crippen molar-refractivity contribution < 1.29 is 4.79 Å². The van der Waals surface area contributed by atoms with E-state index in [1.807, 2.05) is 0 Å². The molecule has 1 aliphatic rings. The van der Waals surface area contributed by atoms with Gasteiger partial charge in [-0.3, -0.25) is 4.79 Å². The van der Waals surface area contributed by atoms with Crippen LogP contribution in [-0.2, 0) is 16.6 Å². The molecule has 1 N–H and O–H groups in total. The van der Waals surface area contributed by atoms with Gasteiger partial charge < -0.3 is 5.32 Å². The van der Waals surface area contributed by atoms with Gasteiger partial charge >= 0.3 is 0 Å². The lowest BCUT2D eigenvalue weighted by molar-refractivity contribution is -0.125. The van der Waals surface area contributed by atoms with Crippen LogP contribution < -0.4 is 5.32 Å². The number of carbonyl (C=O) groups excluding carboxylic acids is 1. The Morgan fingerprint density at radius 3 is 1.94 bits per heavy atom. The molecule has 3 aromatic rings. The average Bonchev–Trinajstić information content (AvgIpc) is 3.05. The number of carbonyl (C=O) groups is 1. The Balaban J connectivity index is 1.68. The van der Waals surface area contributed by atoms with Crippen LogP contribution in [0.1, 0.15) is 56.7 Å². The minimum absolute atomic E-state index is 0.141. The van der Waals surface area contributed by atoms with Crippen LogP contribution >= 0.6 is 0 Å². The van der Waals surface area contributed by atoms with E-state index in [0.717, 1.165) is 36.8 Å². The van der Waals surface area contributed by atoms with Gasteiger partial charge in [-0.2, -0.15) is 0 Å². The fourth-order valence-electron chi connectivity index (χ4n) is 4.86. The number of amides is 1. The van der Waals surface area contributed by atoms with E-state index in [-0.39, 0.29) is 11.3 Å². The van der Waals surface area contributed by atoms with Gasteiger partial charge in [-0.1, -0.05) is 99.6 Å². The molecule has 0 spiro atoms. The highest BCUT2D eigenvalue weighted by molar-refractivity contribution is 6.00. The quantitative estimate of drug-likeness (QED) is 0.470. The standard InChI is InChI=1S/C29H33NO/c1-28(2,3)20-21-30-27(31)29(19-11-14-22-12-5-4-6-13-22)25-17-9-7-15-23(25)24-16-8-10-18-26(24)29/h4-10,12-13,15-18H,11,14,19-21H2,1-3H3,(H,30,31). The van der Waals surface area contributed by atoms with Gasteiger partial charge in [-0.05, 0) is 58.9 Å². The summed E-state index contributed by atoms with van der Waals surface area (Å²) in [6.45, 7) is 7.35. The third kappa shape index (κ3) is 4.30. The molecule has 0 unspecified atom stereocenters. The zero-order valence-electron chi connectivity index (χ0n) is 18.9. The smallest absolute Gasteiger partial charge is 0.235 e. The number of nitrogens with one attached hydrogen (secondary N) is 1.